The minimum Gasteiger partial charge on any atom is -0.484 e. The fraction of sp³-hybridized carbons (Fsp3) is 0.619. The molecule has 3 rings (SSSR count). The van der Waals surface area contributed by atoms with Crippen LogP contribution in [0, 0.1) is 5.92 Å². The van der Waals surface area contributed by atoms with E-state index in [0.717, 1.165) is 45.3 Å². The summed E-state index contributed by atoms with van der Waals surface area (Å²) in [5.74, 6) is 1.01. The number of carbonyl (C=O) groups excluding carboxylic acids is 2. The molecule has 2 aliphatic rings. The molecule has 0 aliphatic carbocycles. The average Bonchev–Trinajstić information content (AvgIpc) is 3.25. The summed E-state index contributed by atoms with van der Waals surface area (Å²) in [7, 11) is 0. The Morgan fingerprint density at radius 2 is 1.93 bits per heavy atom. The fourth-order valence-corrected chi connectivity index (χ4v) is 3.98. The van der Waals surface area contributed by atoms with Gasteiger partial charge in [0.25, 0.3) is 5.91 Å². The lowest BCUT2D eigenvalue weighted by molar-refractivity contribution is -0.143. The van der Waals surface area contributed by atoms with Crippen LogP contribution >= 0.6 is 0 Å². The first-order valence-electron chi connectivity index (χ1n) is 10.2. The average molecular weight is 373 g/mol. The fourth-order valence-electron chi connectivity index (χ4n) is 3.98. The van der Waals surface area contributed by atoms with Crippen LogP contribution in [-0.4, -0.2) is 67.0 Å². The number of rotatable bonds is 7. The Balaban J connectivity index is 1.47. The van der Waals surface area contributed by atoms with Gasteiger partial charge in [-0.3, -0.25) is 9.59 Å². The highest BCUT2D eigenvalue weighted by atomic mass is 16.5. The monoisotopic (exact) mass is 373 g/mol. The van der Waals surface area contributed by atoms with Gasteiger partial charge in [0, 0.05) is 38.1 Å². The van der Waals surface area contributed by atoms with Crippen LogP contribution < -0.4 is 10.1 Å². The maximum absolute atomic E-state index is 13.0. The quantitative estimate of drug-likeness (QED) is 0.793. The van der Waals surface area contributed by atoms with Gasteiger partial charge in [-0.15, -0.1) is 0 Å². The van der Waals surface area contributed by atoms with Crippen LogP contribution in [-0.2, 0) is 9.59 Å². The van der Waals surface area contributed by atoms with Crippen LogP contribution in [0.4, 0.5) is 0 Å². The van der Waals surface area contributed by atoms with Gasteiger partial charge in [0.15, 0.2) is 6.61 Å². The van der Waals surface area contributed by atoms with Gasteiger partial charge >= 0.3 is 0 Å². The zero-order chi connectivity index (χ0) is 19.1. The Hall–Kier alpha value is -2.08. The highest BCUT2D eigenvalue weighted by Crippen LogP contribution is 2.23. The van der Waals surface area contributed by atoms with Gasteiger partial charge in [-0.1, -0.05) is 25.1 Å². The lowest BCUT2D eigenvalue weighted by Crippen LogP contribution is -2.49. The molecule has 2 saturated heterocycles. The van der Waals surface area contributed by atoms with Crippen molar-refractivity contribution in [2.75, 3.05) is 39.3 Å². The van der Waals surface area contributed by atoms with E-state index in [1.54, 1.807) is 0 Å². The van der Waals surface area contributed by atoms with E-state index in [1.165, 1.54) is 0 Å². The third-order valence-corrected chi connectivity index (χ3v) is 5.53. The summed E-state index contributed by atoms with van der Waals surface area (Å²) in [4.78, 5) is 29.3. The molecule has 1 unspecified atom stereocenters. The molecule has 2 fully saturated rings. The Labute approximate surface area is 161 Å². The maximum Gasteiger partial charge on any atom is 0.260 e. The van der Waals surface area contributed by atoms with E-state index < -0.39 is 0 Å². The second kappa shape index (κ2) is 9.74. The summed E-state index contributed by atoms with van der Waals surface area (Å²) in [6.45, 7) is 6.17. The zero-order valence-corrected chi connectivity index (χ0v) is 16.2. The van der Waals surface area contributed by atoms with Crippen molar-refractivity contribution in [2.45, 2.75) is 38.6 Å². The molecule has 1 aromatic rings. The van der Waals surface area contributed by atoms with Crippen LogP contribution in [0.2, 0.25) is 0 Å². The molecule has 0 aromatic heterocycles. The molecule has 6 nitrogen and oxygen atoms in total. The lowest BCUT2D eigenvalue weighted by atomic mass is 9.94. The van der Waals surface area contributed by atoms with Crippen molar-refractivity contribution < 1.29 is 14.3 Å². The van der Waals surface area contributed by atoms with Gasteiger partial charge in [0.05, 0.1) is 0 Å². The highest BCUT2D eigenvalue weighted by molar-refractivity contribution is 5.81. The topological polar surface area (TPSA) is 61.9 Å². The number of para-hydroxylation sites is 1. The van der Waals surface area contributed by atoms with E-state index in [-0.39, 0.29) is 24.3 Å². The van der Waals surface area contributed by atoms with Gasteiger partial charge in [-0.05, 0) is 44.4 Å². The van der Waals surface area contributed by atoms with Gasteiger partial charge in [0.2, 0.25) is 5.91 Å². The number of nitrogens with zero attached hydrogens (tertiary/aromatic N) is 2. The van der Waals surface area contributed by atoms with Crippen molar-refractivity contribution in [2.24, 2.45) is 5.92 Å². The Bertz CT molecular complexity index is 608. The van der Waals surface area contributed by atoms with Crippen molar-refractivity contribution in [1.29, 1.82) is 0 Å². The molecule has 0 bridgehead atoms. The molecule has 2 heterocycles. The van der Waals surface area contributed by atoms with Gasteiger partial charge < -0.3 is 19.9 Å². The molecular formula is C21H31N3O3. The second-order valence-electron chi connectivity index (χ2n) is 7.44. The van der Waals surface area contributed by atoms with E-state index in [2.05, 4.69) is 17.1 Å². The largest absolute Gasteiger partial charge is 0.484 e. The van der Waals surface area contributed by atoms with Crippen molar-refractivity contribution >= 4 is 11.8 Å². The maximum atomic E-state index is 13.0. The Kier molecular flexibility index (Phi) is 7.10. The van der Waals surface area contributed by atoms with E-state index in [0.29, 0.717) is 24.9 Å². The summed E-state index contributed by atoms with van der Waals surface area (Å²) in [5, 5.41) is 3.36. The number of hydrogen-bond donors (Lipinski definition) is 1. The molecule has 2 amide bonds. The summed E-state index contributed by atoms with van der Waals surface area (Å²) in [6.07, 6.45) is 3.52. The number of benzene rings is 1. The normalized spacial score (nSPS) is 20.5. The molecule has 148 valence electrons. The number of piperidine rings is 1. The van der Waals surface area contributed by atoms with Crippen molar-refractivity contribution in [3.05, 3.63) is 30.3 Å². The summed E-state index contributed by atoms with van der Waals surface area (Å²) in [6, 6.07) is 9.71. The van der Waals surface area contributed by atoms with E-state index in [4.69, 9.17) is 4.74 Å². The van der Waals surface area contributed by atoms with Crippen LogP contribution in [0.5, 0.6) is 5.75 Å². The minimum absolute atomic E-state index is 0.00448. The first kappa shape index (κ1) is 19.7. The van der Waals surface area contributed by atoms with E-state index in [9.17, 15) is 9.59 Å². The van der Waals surface area contributed by atoms with Gasteiger partial charge in [-0.2, -0.15) is 0 Å². The second-order valence-corrected chi connectivity index (χ2v) is 7.44. The third kappa shape index (κ3) is 5.22. The van der Waals surface area contributed by atoms with Crippen molar-refractivity contribution in [3.63, 3.8) is 0 Å². The predicted molar refractivity (Wildman–Crippen MR) is 105 cm³/mol. The van der Waals surface area contributed by atoms with Gasteiger partial charge in [-0.25, -0.2) is 0 Å². The lowest BCUT2D eigenvalue weighted by Gasteiger charge is -2.36. The molecule has 27 heavy (non-hydrogen) atoms. The number of likely N-dealkylation sites (tertiary alicyclic amines) is 1. The SMILES string of the molecule is CCCN(C(=O)C1CCN(C(=O)COc2ccccc2)CC1)C1CCNC1. The summed E-state index contributed by atoms with van der Waals surface area (Å²) >= 11 is 0. The highest BCUT2D eigenvalue weighted by Gasteiger charge is 2.33. The van der Waals surface area contributed by atoms with Crippen molar-refractivity contribution in [3.8, 4) is 5.75 Å². The van der Waals surface area contributed by atoms with E-state index in [1.807, 2.05) is 35.2 Å². The number of carbonyl (C=O) groups is 2. The number of amides is 2. The third-order valence-electron chi connectivity index (χ3n) is 5.53. The smallest absolute Gasteiger partial charge is 0.260 e. The Morgan fingerprint density at radius 3 is 2.56 bits per heavy atom. The molecule has 0 saturated carbocycles. The first-order valence-corrected chi connectivity index (χ1v) is 10.2. The first-order chi connectivity index (χ1) is 13.2. The molecule has 1 N–H and O–H groups in total. The number of hydrogen-bond acceptors (Lipinski definition) is 4. The zero-order valence-electron chi connectivity index (χ0n) is 16.2. The summed E-state index contributed by atoms with van der Waals surface area (Å²) in [5.41, 5.74) is 0. The number of ether oxygens (including phenoxy) is 1. The molecule has 6 heteroatoms. The van der Waals surface area contributed by atoms with Crippen molar-refractivity contribution in [1.82, 2.24) is 15.1 Å². The van der Waals surface area contributed by atoms with Crippen LogP contribution in [0.1, 0.15) is 32.6 Å². The molecular weight excluding hydrogens is 342 g/mol. The van der Waals surface area contributed by atoms with Gasteiger partial charge in [0.1, 0.15) is 5.75 Å². The molecule has 0 radical (unpaired) electrons. The van der Waals surface area contributed by atoms with Crippen LogP contribution in [0.3, 0.4) is 0 Å². The van der Waals surface area contributed by atoms with E-state index >= 15 is 0 Å². The molecule has 0 spiro atoms. The summed E-state index contributed by atoms with van der Waals surface area (Å²) < 4.78 is 5.56. The minimum atomic E-state index is -0.00448. The predicted octanol–water partition coefficient (Wildman–Crippen LogP) is 1.90. The molecule has 1 atom stereocenters. The van der Waals surface area contributed by atoms with Crippen LogP contribution in [0.15, 0.2) is 30.3 Å². The standard InChI is InChI=1S/C21H31N3O3/c1-2-12-24(18-8-11-22-15-18)21(26)17-9-13-23(14-10-17)20(25)16-27-19-6-4-3-5-7-19/h3-7,17-18,22H,2,8-16H2,1H3. The Morgan fingerprint density at radius 1 is 1.19 bits per heavy atom. The molecule has 2 aliphatic heterocycles. The number of nitrogens with one attached hydrogen (secondary N) is 1. The van der Waals surface area contributed by atoms with Crippen LogP contribution in [0.25, 0.3) is 0 Å². The molecule has 1 aromatic carbocycles.